The van der Waals surface area contributed by atoms with Gasteiger partial charge in [-0.25, -0.2) is 9.97 Å². The normalized spacial score (nSPS) is 18.7. The van der Waals surface area contributed by atoms with E-state index in [9.17, 15) is 19.5 Å². The number of carbonyl (C=O) groups is 3. The van der Waals surface area contributed by atoms with E-state index in [1.807, 2.05) is 70.5 Å². The monoisotopic (exact) mass is 774 g/mol. The minimum Gasteiger partial charge on any atom is -0.391 e. The second-order valence-electron chi connectivity index (χ2n) is 15.0. The molecule has 2 saturated heterocycles. The number of pyridine rings is 1. The molecule has 0 spiro atoms. The van der Waals surface area contributed by atoms with Gasteiger partial charge in [0, 0.05) is 51.4 Å². The summed E-state index contributed by atoms with van der Waals surface area (Å²) < 4.78 is 0. The third-order valence-corrected chi connectivity index (χ3v) is 11.1. The number of aliphatic hydroxyl groups is 1. The number of nitrogen functional groups attached to an aromatic ring is 1. The van der Waals surface area contributed by atoms with Crippen LogP contribution in [0.1, 0.15) is 57.0 Å². The molecule has 2 aliphatic heterocycles. The number of carbonyl (C=O) groups excluding carboxylic acids is 3. The molecule has 16 heteroatoms. The first kappa shape index (κ1) is 38.9. The molecule has 0 unspecified atom stereocenters. The SMILES string of the molecule is Cc1ncsc1-c1ccc([C@H](C)NC(=O)[C@@H]2C[C@@H](O)CN2C(=O)[C@@H](NC(=O)Cc2ccnc(N3CCN(c4cc(Cl)nnc4N)CC3)c2)C(C)(C)C)cc1. The summed E-state index contributed by atoms with van der Waals surface area (Å²) in [5, 5.41) is 24.6. The molecule has 286 valence electrons. The van der Waals surface area contributed by atoms with Crippen LogP contribution in [-0.4, -0.2) is 98.8 Å². The van der Waals surface area contributed by atoms with Crippen LogP contribution in [0.25, 0.3) is 10.4 Å². The molecule has 2 aliphatic rings. The molecule has 0 saturated carbocycles. The Labute approximate surface area is 324 Å². The number of halogens is 1. The molecule has 5 N–H and O–H groups in total. The summed E-state index contributed by atoms with van der Waals surface area (Å²) in [7, 11) is 0. The van der Waals surface area contributed by atoms with Gasteiger partial charge in [-0.1, -0.05) is 56.6 Å². The average Bonchev–Trinajstić information content (AvgIpc) is 3.76. The van der Waals surface area contributed by atoms with E-state index in [0.29, 0.717) is 32.0 Å². The molecule has 54 heavy (non-hydrogen) atoms. The van der Waals surface area contributed by atoms with Crippen molar-refractivity contribution in [3.05, 3.63) is 76.1 Å². The van der Waals surface area contributed by atoms with Gasteiger partial charge in [-0.2, -0.15) is 0 Å². The zero-order valence-electron chi connectivity index (χ0n) is 31.1. The number of nitrogens with two attached hydrogens (primary N) is 1. The number of rotatable bonds is 10. The molecule has 4 atom stereocenters. The summed E-state index contributed by atoms with van der Waals surface area (Å²) in [4.78, 5) is 57.0. The Balaban J connectivity index is 1.07. The van der Waals surface area contributed by atoms with E-state index >= 15 is 0 Å². The van der Waals surface area contributed by atoms with E-state index in [1.165, 1.54) is 4.90 Å². The van der Waals surface area contributed by atoms with Gasteiger partial charge in [0.1, 0.15) is 17.9 Å². The molecule has 0 aliphatic carbocycles. The van der Waals surface area contributed by atoms with Crippen molar-refractivity contribution in [3.8, 4) is 10.4 Å². The predicted molar refractivity (Wildman–Crippen MR) is 210 cm³/mol. The van der Waals surface area contributed by atoms with Crippen molar-refractivity contribution in [3.63, 3.8) is 0 Å². The van der Waals surface area contributed by atoms with Gasteiger partial charge in [0.05, 0.1) is 40.3 Å². The lowest BCUT2D eigenvalue weighted by Gasteiger charge is -2.37. The van der Waals surface area contributed by atoms with E-state index in [2.05, 4.69) is 40.6 Å². The Hall–Kier alpha value is -4.86. The number of aromatic nitrogens is 4. The van der Waals surface area contributed by atoms with Gasteiger partial charge in [0.15, 0.2) is 11.0 Å². The first-order valence-electron chi connectivity index (χ1n) is 18.0. The summed E-state index contributed by atoms with van der Waals surface area (Å²) in [5.74, 6) is -0.0512. The molecule has 0 radical (unpaired) electrons. The number of benzene rings is 1. The third-order valence-electron chi connectivity index (χ3n) is 9.95. The number of hydrogen-bond donors (Lipinski definition) is 4. The minimum atomic E-state index is -0.941. The van der Waals surface area contributed by atoms with Crippen molar-refractivity contribution in [1.82, 2.24) is 35.7 Å². The minimum absolute atomic E-state index is 0.00503. The quantitative estimate of drug-likeness (QED) is 0.184. The van der Waals surface area contributed by atoms with Gasteiger partial charge in [-0.3, -0.25) is 14.4 Å². The van der Waals surface area contributed by atoms with Crippen LogP contribution >= 0.6 is 22.9 Å². The van der Waals surface area contributed by atoms with Crippen LogP contribution in [0, 0.1) is 12.3 Å². The third kappa shape index (κ3) is 8.91. The molecular formula is C38H47ClN10O4S. The Morgan fingerprint density at radius 3 is 2.39 bits per heavy atom. The fourth-order valence-corrected chi connectivity index (χ4v) is 7.91. The van der Waals surface area contributed by atoms with Crippen LogP contribution in [0.2, 0.25) is 5.15 Å². The van der Waals surface area contributed by atoms with Crippen molar-refractivity contribution in [2.45, 2.75) is 71.7 Å². The number of nitrogens with one attached hydrogen (secondary N) is 2. The van der Waals surface area contributed by atoms with Crippen LogP contribution < -0.4 is 26.2 Å². The molecule has 14 nitrogen and oxygen atoms in total. The maximum atomic E-state index is 14.2. The lowest BCUT2D eigenvalue weighted by atomic mass is 9.85. The number of thiazole rings is 1. The number of β-amino-alcohol motifs (C(OH)–C–C–N with tert-alkyl or cyclic N) is 1. The largest absolute Gasteiger partial charge is 0.391 e. The van der Waals surface area contributed by atoms with E-state index in [-0.39, 0.29) is 42.4 Å². The topological polar surface area (TPSA) is 183 Å². The van der Waals surface area contributed by atoms with Gasteiger partial charge >= 0.3 is 0 Å². The number of hydrogen-bond acceptors (Lipinski definition) is 12. The first-order chi connectivity index (χ1) is 25.7. The first-order valence-corrected chi connectivity index (χ1v) is 19.3. The maximum Gasteiger partial charge on any atom is 0.246 e. The van der Waals surface area contributed by atoms with Crippen molar-refractivity contribution >= 4 is 58.0 Å². The lowest BCUT2D eigenvalue weighted by Crippen LogP contribution is -2.58. The molecule has 3 amide bonds. The van der Waals surface area contributed by atoms with Crippen molar-refractivity contribution in [2.75, 3.05) is 48.3 Å². The van der Waals surface area contributed by atoms with E-state index in [4.69, 9.17) is 17.3 Å². The summed E-state index contributed by atoms with van der Waals surface area (Å²) in [6.45, 7) is 12.1. The molecule has 6 rings (SSSR count). The number of aliphatic hydroxyl groups excluding tert-OH is 1. The van der Waals surface area contributed by atoms with Crippen LogP contribution in [0.3, 0.4) is 0 Å². The summed E-state index contributed by atoms with van der Waals surface area (Å²) >= 11 is 7.63. The highest BCUT2D eigenvalue weighted by Gasteiger charge is 2.44. The number of amides is 3. The molecule has 5 heterocycles. The highest BCUT2D eigenvalue weighted by atomic mass is 35.5. The summed E-state index contributed by atoms with van der Waals surface area (Å²) in [5.41, 5.74) is 11.6. The molecule has 0 bridgehead atoms. The summed E-state index contributed by atoms with van der Waals surface area (Å²) in [6, 6.07) is 11.2. The zero-order chi connectivity index (χ0) is 38.7. The lowest BCUT2D eigenvalue weighted by molar-refractivity contribution is -0.144. The second kappa shape index (κ2) is 16.2. The number of nitrogens with zero attached hydrogens (tertiary/aromatic N) is 7. The summed E-state index contributed by atoms with van der Waals surface area (Å²) in [6.07, 6.45) is 0.936. The molecular weight excluding hydrogens is 728 g/mol. The van der Waals surface area contributed by atoms with E-state index in [0.717, 1.165) is 38.8 Å². The second-order valence-corrected chi connectivity index (χ2v) is 16.2. The van der Waals surface area contributed by atoms with Crippen molar-refractivity contribution in [2.24, 2.45) is 5.41 Å². The number of likely N-dealkylation sites (tertiary alicyclic amines) is 1. The molecule has 3 aromatic heterocycles. The highest BCUT2D eigenvalue weighted by molar-refractivity contribution is 7.13. The van der Waals surface area contributed by atoms with Crippen LogP contribution in [0.4, 0.5) is 17.3 Å². The van der Waals surface area contributed by atoms with E-state index < -0.39 is 29.5 Å². The van der Waals surface area contributed by atoms with Gasteiger partial charge in [0.25, 0.3) is 0 Å². The Morgan fingerprint density at radius 1 is 1.02 bits per heavy atom. The van der Waals surface area contributed by atoms with Gasteiger partial charge in [-0.15, -0.1) is 21.5 Å². The highest BCUT2D eigenvalue weighted by Crippen LogP contribution is 2.30. The molecule has 2 fully saturated rings. The molecule has 4 aromatic rings. The van der Waals surface area contributed by atoms with Crippen molar-refractivity contribution < 1.29 is 19.5 Å². The molecule has 1 aromatic carbocycles. The fourth-order valence-electron chi connectivity index (χ4n) is 6.95. The number of aryl methyl sites for hydroxylation is 1. The Kier molecular flexibility index (Phi) is 11.7. The predicted octanol–water partition coefficient (Wildman–Crippen LogP) is 3.78. The van der Waals surface area contributed by atoms with Gasteiger partial charge in [0.2, 0.25) is 17.7 Å². The maximum absolute atomic E-state index is 14.2. The fraction of sp³-hybridized carbons (Fsp3) is 0.447. The van der Waals surface area contributed by atoms with Crippen molar-refractivity contribution in [1.29, 1.82) is 0 Å². The van der Waals surface area contributed by atoms with Gasteiger partial charge in [-0.05, 0) is 48.1 Å². The van der Waals surface area contributed by atoms with Crippen LogP contribution in [0.15, 0.2) is 54.2 Å². The average molecular weight is 775 g/mol. The number of piperazine rings is 1. The Morgan fingerprint density at radius 2 is 1.72 bits per heavy atom. The van der Waals surface area contributed by atoms with Crippen LogP contribution in [0.5, 0.6) is 0 Å². The van der Waals surface area contributed by atoms with E-state index in [1.54, 1.807) is 29.7 Å². The van der Waals surface area contributed by atoms with Crippen LogP contribution in [-0.2, 0) is 20.8 Å². The standard InChI is InChI=1S/C38H47ClN10O4S/c1-22(25-6-8-26(9-7-25)33-23(2)42-21-54-33)43-36(52)29-18-27(50)20-49(29)37(53)34(38(3,4)5)44-32(51)17-24-10-11-41-31(16-24)48-14-12-47(13-15-48)28-19-30(39)45-46-35(28)40/h6-11,16,19,21-22,27,29,34,50H,12-15,17-18,20H2,1-5H3,(H2,40,46)(H,43,52)(H,44,51)/t22-,27+,29-,34+/m0/s1. The zero-order valence-corrected chi connectivity index (χ0v) is 32.7. The van der Waals surface area contributed by atoms with Gasteiger partial charge < -0.3 is 36.2 Å². The Bertz CT molecular complexity index is 1980. The smallest absolute Gasteiger partial charge is 0.246 e. The number of anilines is 3.